The summed E-state index contributed by atoms with van der Waals surface area (Å²) < 4.78 is 75.8. The molecular formula is C23H26F6N2O6S. The fraction of sp³-hybridized carbons (Fsp3) is 0.522. The summed E-state index contributed by atoms with van der Waals surface area (Å²) in [6, 6.07) is 6.24. The van der Waals surface area contributed by atoms with Gasteiger partial charge >= 0.3 is 24.3 Å². The summed E-state index contributed by atoms with van der Waals surface area (Å²) in [5.74, 6) is -5.51. The lowest BCUT2D eigenvalue weighted by Crippen LogP contribution is -2.47. The van der Waals surface area contributed by atoms with Crippen LogP contribution in [0.1, 0.15) is 30.4 Å². The van der Waals surface area contributed by atoms with Crippen LogP contribution in [0.15, 0.2) is 41.4 Å². The van der Waals surface area contributed by atoms with Crippen LogP contribution in [0.25, 0.3) is 0 Å². The Morgan fingerprint density at radius 3 is 2.21 bits per heavy atom. The van der Waals surface area contributed by atoms with Gasteiger partial charge in [0.1, 0.15) is 0 Å². The molecule has 2 aromatic rings. The number of likely N-dealkylation sites (tertiary alicyclic amines) is 1. The van der Waals surface area contributed by atoms with Crippen molar-refractivity contribution in [2.75, 3.05) is 19.7 Å². The summed E-state index contributed by atoms with van der Waals surface area (Å²) in [6.07, 6.45) is -2.95. The smallest absolute Gasteiger partial charge is 0.475 e. The second-order valence-electron chi connectivity index (χ2n) is 8.54. The zero-order chi connectivity index (χ0) is 28.4. The summed E-state index contributed by atoms with van der Waals surface area (Å²) in [7, 11) is 0. The number of aromatic nitrogens is 1. The molecule has 0 amide bonds. The number of aliphatic carboxylic acids is 2. The number of nitrogens with zero attached hydrogens (tertiary/aromatic N) is 2. The molecular weight excluding hydrogens is 546 g/mol. The standard InChI is InChI=1S/C19H24N2O2S.2C2HF3O2/c1-5-19(15-21(8-1)11-17-4-9-24-14-17)10-18(13-23-19)22-12-16-2-6-20-7-3-16;2*3-2(4,5)1(6)7/h2-4,6-7,9,14,18H,1,5,8,10-13,15H2;2*(H,6,7)/t18-,19+;;/m1../s1. The highest BCUT2D eigenvalue weighted by atomic mass is 32.1. The lowest BCUT2D eigenvalue weighted by Gasteiger charge is -2.39. The summed E-state index contributed by atoms with van der Waals surface area (Å²) in [5.41, 5.74) is 2.59. The predicted octanol–water partition coefficient (Wildman–Crippen LogP) is 4.75. The van der Waals surface area contributed by atoms with Crippen LogP contribution in [0, 0.1) is 0 Å². The van der Waals surface area contributed by atoms with Crippen molar-refractivity contribution < 1.29 is 55.6 Å². The lowest BCUT2D eigenvalue weighted by atomic mass is 9.89. The minimum absolute atomic E-state index is 0.00280. The minimum Gasteiger partial charge on any atom is -0.475 e. The topological polar surface area (TPSA) is 109 Å². The molecule has 2 atom stereocenters. The van der Waals surface area contributed by atoms with E-state index in [1.54, 1.807) is 11.3 Å². The van der Waals surface area contributed by atoms with Gasteiger partial charge in [-0.3, -0.25) is 9.88 Å². The molecule has 0 radical (unpaired) electrons. The summed E-state index contributed by atoms with van der Waals surface area (Å²) in [4.78, 5) is 24.4. The van der Waals surface area contributed by atoms with Crippen molar-refractivity contribution >= 4 is 23.3 Å². The monoisotopic (exact) mass is 572 g/mol. The first-order valence-electron chi connectivity index (χ1n) is 11.2. The van der Waals surface area contributed by atoms with Crippen molar-refractivity contribution in [1.29, 1.82) is 0 Å². The predicted molar refractivity (Wildman–Crippen MR) is 122 cm³/mol. The third kappa shape index (κ3) is 10.9. The molecule has 0 bridgehead atoms. The van der Waals surface area contributed by atoms with Gasteiger partial charge in [0.15, 0.2) is 0 Å². The molecule has 2 aliphatic heterocycles. The van der Waals surface area contributed by atoms with Crippen LogP contribution in [-0.2, 0) is 32.2 Å². The van der Waals surface area contributed by atoms with E-state index in [2.05, 4.69) is 26.7 Å². The maximum Gasteiger partial charge on any atom is 0.490 e. The first-order chi connectivity index (χ1) is 17.7. The molecule has 2 aromatic heterocycles. The van der Waals surface area contributed by atoms with E-state index in [1.165, 1.54) is 24.1 Å². The van der Waals surface area contributed by atoms with Gasteiger partial charge in [0.2, 0.25) is 0 Å². The molecule has 0 unspecified atom stereocenters. The van der Waals surface area contributed by atoms with Crippen LogP contribution in [0.5, 0.6) is 0 Å². The Labute approximate surface area is 217 Å². The van der Waals surface area contributed by atoms with E-state index in [1.807, 2.05) is 24.5 Å². The zero-order valence-corrected chi connectivity index (χ0v) is 20.7. The largest absolute Gasteiger partial charge is 0.490 e. The van der Waals surface area contributed by atoms with Gasteiger partial charge in [-0.1, -0.05) is 0 Å². The van der Waals surface area contributed by atoms with Crippen molar-refractivity contribution in [1.82, 2.24) is 9.88 Å². The Morgan fingerprint density at radius 2 is 1.68 bits per heavy atom. The number of hydrogen-bond acceptors (Lipinski definition) is 7. The fourth-order valence-corrected chi connectivity index (χ4v) is 4.51. The number of piperidine rings is 1. The van der Waals surface area contributed by atoms with Crippen LogP contribution in [0.4, 0.5) is 26.3 Å². The molecule has 0 saturated carbocycles. The number of alkyl halides is 6. The molecule has 2 N–H and O–H groups in total. The molecule has 2 fully saturated rings. The van der Waals surface area contributed by atoms with Crippen LogP contribution in [-0.4, -0.2) is 75.8 Å². The highest BCUT2D eigenvalue weighted by Crippen LogP contribution is 2.36. The molecule has 2 aliphatic rings. The van der Waals surface area contributed by atoms with Crippen LogP contribution in [0.2, 0.25) is 0 Å². The summed E-state index contributed by atoms with van der Waals surface area (Å²) in [6.45, 7) is 4.60. The molecule has 15 heteroatoms. The Balaban J connectivity index is 0.000000301. The van der Waals surface area contributed by atoms with E-state index >= 15 is 0 Å². The minimum atomic E-state index is -5.08. The van der Waals surface area contributed by atoms with Gasteiger partial charge in [0.05, 0.1) is 24.9 Å². The number of hydrogen-bond donors (Lipinski definition) is 2. The van der Waals surface area contributed by atoms with Crippen molar-refractivity contribution in [3.05, 3.63) is 52.5 Å². The molecule has 0 aromatic carbocycles. The van der Waals surface area contributed by atoms with Gasteiger partial charge in [-0.2, -0.15) is 37.7 Å². The van der Waals surface area contributed by atoms with E-state index in [0.717, 1.165) is 32.5 Å². The quantitative estimate of drug-likeness (QED) is 0.495. The zero-order valence-electron chi connectivity index (χ0n) is 19.9. The first kappa shape index (κ1) is 31.5. The molecule has 0 aliphatic carbocycles. The van der Waals surface area contributed by atoms with Gasteiger partial charge in [-0.05, 0) is 59.5 Å². The maximum atomic E-state index is 10.6. The van der Waals surface area contributed by atoms with Crippen LogP contribution in [0.3, 0.4) is 0 Å². The first-order valence-corrected chi connectivity index (χ1v) is 12.1. The van der Waals surface area contributed by atoms with Crippen molar-refractivity contribution in [2.45, 2.75) is 56.5 Å². The van der Waals surface area contributed by atoms with Crippen LogP contribution < -0.4 is 0 Å². The second kappa shape index (κ2) is 13.9. The molecule has 4 heterocycles. The van der Waals surface area contributed by atoms with E-state index in [9.17, 15) is 26.3 Å². The number of rotatable bonds is 5. The Hall–Kier alpha value is -2.75. The third-order valence-electron chi connectivity index (χ3n) is 5.50. The average molecular weight is 573 g/mol. The average Bonchev–Trinajstić information content (AvgIpc) is 3.48. The van der Waals surface area contributed by atoms with Gasteiger partial charge in [-0.15, -0.1) is 0 Å². The summed E-state index contributed by atoms with van der Waals surface area (Å²) in [5, 5.41) is 18.7. The highest BCUT2D eigenvalue weighted by molar-refractivity contribution is 7.07. The number of carbonyl (C=O) groups is 2. The normalized spacial score (nSPS) is 21.7. The molecule has 1 spiro atoms. The van der Waals surface area contributed by atoms with Crippen molar-refractivity contribution in [3.8, 4) is 0 Å². The Bertz CT molecular complexity index is 982. The Kier molecular flexibility index (Phi) is 11.5. The molecule has 4 rings (SSSR count). The highest BCUT2D eigenvalue weighted by Gasteiger charge is 2.44. The molecule has 8 nitrogen and oxygen atoms in total. The second-order valence-corrected chi connectivity index (χ2v) is 9.32. The number of ether oxygens (including phenoxy) is 2. The molecule has 2 saturated heterocycles. The molecule has 212 valence electrons. The number of carboxylic acids is 2. The number of pyridine rings is 1. The maximum absolute atomic E-state index is 10.6. The van der Waals surface area contributed by atoms with E-state index in [0.29, 0.717) is 6.61 Å². The number of halogens is 6. The van der Waals surface area contributed by atoms with Crippen molar-refractivity contribution in [3.63, 3.8) is 0 Å². The van der Waals surface area contributed by atoms with E-state index in [4.69, 9.17) is 29.3 Å². The van der Waals surface area contributed by atoms with Crippen molar-refractivity contribution in [2.24, 2.45) is 0 Å². The Morgan fingerprint density at radius 1 is 1.08 bits per heavy atom. The van der Waals surface area contributed by atoms with Gasteiger partial charge in [0.25, 0.3) is 0 Å². The van der Waals surface area contributed by atoms with Gasteiger partial charge in [0, 0.05) is 31.9 Å². The third-order valence-corrected chi connectivity index (χ3v) is 6.23. The van der Waals surface area contributed by atoms with Gasteiger partial charge < -0.3 is 19.7 Å². The summed E-state index contributed by atoms with van der Waals surface area (Å²) >= 11 is 1.77. The fourth-order valence-electron chi connectivity index (χ4n) is 3.85. The van der Waals surface area contributed by atoms with E-state index in [-0.39, 0.29) is 11.7 Å². The number of thiophene rings is 1. The van der Waals surface area contributed by atoms with E-state index < -0.39 is 24.3 Å². The van der Waals surface area contributed by atoms with Gasteiger partial charge in [-0.25, -0.2) is 9.59 Å². The van der Waals surface area contributed by atoms with Crippen LogP contribution >= 0.6 is 11.3 Å². The lowest BCUT2D eigenvalue weighted by molar-refractivity contribution is -0.193. The molecule has 38 heavy (non-hydrogen) atoms. The number of carboxylic acid groups (broad SMARTS) is 2. The SMILES string of the molecule is O=C(O)C(F)(F)F.O=C(O)C(F)(F)F.c1cc(CO[C@H]2CO[C@@]3(CCCN(Cc4ccsc4)C3)C2)ccn1.